The van der Waals surface area contributed by atoms with Gasteiger partial charge in [-0.3, -0.25) is 13.9 Å². The number of thioether (sulfide) groups is 1. The number of rotatable bonds is 3. The van der Waals surface area contributed by atoms with Gasteiger partial charge in [0.25, 0.3) is 0 Å². The topological polar surface area (TPSA) is 25.5 Å². The van der Waals surface area contributed by atoms with Crippen molar-refractivity contribution in [3.05, 3.63) is 51.6 Å². The summed E-state index contributed by atoms with van der Waals surface area (Å²) < 4.78 is 44.6. The van der Waals surface area contributed by atoms with Gasteiger partial charge in [0.05, 0.1) is 11.4 Å². The number of nitrogens with zero attached hydrogens (tertiary/aromatic N) is 4. The van der Waals surface area contributed by atoms with Gasteiger partial charge in [-0.15, -0.1) is 0 Å². The first-order valence-electron chi connectivity index (χ1n) is 9.40. The van der Waals surface area contributed by atoms with Gasteiger partial charge in [-0.05, 0) is 31.9 Å². The molecule has 0 unspecified atom stereocenters. The Morgan fingerprint density at radius 1 is 1.10 bits per heavy atom. The van der Waals surface area contributed by atoms with Crippen LogP contribution in [-0.2, 0) is 12.7 Å². The van der Waals surface area contributed by atoms with E-state index in [2.05, 4.69) is 4.98 Å². The maximum absolute atomic E-state index is 13.8. The molecule has 0 saturated carbocycles. The summed E-state index contributed by atoms with van der Waals surface area (Å²) in [6.07, 6.45) is -2.98. The molecule has 0 atom stereocenters. The first-order chi connectivity index (χ1) is 13.7. The maximum Gasteiger partial charge on any atom is 0.435 e. The molecule has 156 valence electrons. The van der Waals surface area contributed by atoms with E-state index in [9.17, 15) is 13.2 Å². The zero-order chi connectivity index (χ0) is 20.9. The van der Waals surface area contributed by atoms with E-state index < -0.39 is 11.9 Å². The number of alkyl halides is 3. The number of hydrogen-bond acceptors (Lipinski definition) is 3. The van der Waals surface area contributed by atoms with E-state index in [0.29, 0.717) is 5.15 Å². The third-order valence-corrected chi connectivity index (χ3v) is 6.45. The van der Waals surface area contributed by atoms with Gasteiger partial charge in [0, 0.05) is 37.3 Å². The van der Waals surface area contributed by atoms with Crippen molar-refractivity contribution in [3.8, 4) is 5.69 Å². The Labute approximate surface area is 176 Å². The van der Waals surface area contributed by atoms with Gasteiger partial charge < -0.3 is 0 Å². The fraction of sp³-hybridized carbons (Fsp3) is 0.450. The molecule has 4 rings (SSSR count). The van der Waals surface area contributed by atoms with Crippen LogP contribution in [0.5, 0.6) is 0 Å². The third kappa shape index (κ3) is 3.78. The lowest BCUT2D eigenvalue weighted by atomic mass is 10.1. The van der Waals surface area contributed by atoms with Crippen molar-refractivity contribution in [1.82, 2.24) is 18.9 Å². The van der Waals surface area contributed by atoms with Crippen molar-refractivity contribution < 1.29 is 13.2 Å². The van der Waals surface area contributed by atoms with Crippen molar-refractivity contribution in [1.29, 1.82) is 0 Å². The van der Waals surface area contributed by atoms with Gasteiger partial charge >= 0.3 is 6.18 Å². The molecular weight excluding hydrogens is 421 g/mol. The molecule has 1 aliphatic rings. The summed E-state index contributed by atoms with van der Waals surface area (Å²) in [5.74, 6) is 2.04. The van der Waals surface area contributed by atoms with Crippen molar-refractivity contribution in [3.63, 3.8) is 0 Å². The highest BCUT2D eigenvalue weighted by molar-refractivity contribution is 7.99. The highest BCUT2D eigenvalue weighted by Gasteiger charge is 2.39. The Balaban J connectivity index is 1.92. The fourth-order valence-corrected chi connectivity index (χ4v) is 5.32. The second kappa shape index (κ2) is 7.56. The van der Waals surface area contributed by atoms with Gasteiger partial charge in [-0.1, -0.05) is 29.3 Å². The number of benzene rings is 1. The third-order valence-electron chi connectivity index (χ3n) is 5.25. The van der Waals surface area contributed by atoms with Crippen LogP contribution in [0.15, 0.2) is 18.3 Å². The lowest BCUT2D eigenvalue weighted by molar-refractivity contribution is -0.141. The predicted octanol–water partition coefficient (Wildman–Crippen LogP) is 5.27. The van der Waals surface area contributed by atoms with E-state index in [-0.39, 0.29) is 18.0 Å². The Morgan fingerprint density at radius 2 is 1.72 bits per heavy atom. The molecule has 0 aliphatic carbocycles. The molecule has 3 aromatic rings. The lowest BCUT2D eigenvalue weighted by Crippen LogP contribution is -2.33. The average Bonchev–Trinajstić information content (AvgIpc) is 3.12. The van der Waals surface area contributed by atoms with E-state index in [1.165, 1.54) is 4.40 Å². The molecule has 29 heavy (non-hydrogen) atoms. The summed E-state index contributed by atoms with van der Waals surface area (Å²) in [5.41, 5.74) is 3.05. The van der Waals surface area contributed by atoms with Crippen LogP contribution in [0.3, 0.4) is 0 Å². The predicted molar refractivity (Wildman–Crippen MR) is 111 cm³/mol. The smallest absolute Gasteiger partial charge is 0.296 e. The highest BCUT2D eigenvalue weighted by Crippen LogP contribution is 2.36. The first-order valence-corrected chi connectivity index (χ1v) is 10.9. The summed E-state index contributed by atoms with van der Waals surface area (Å²) in [6, 6.07) is 3.99. The quantitative estimate of drug-likeness (QED) is 0.552. The van der Waals surface area contributed by atoms with Crippen LogP contribution in [-0.4, -0.2) is 43.4 Å². The number of aromatic nitrogens is 3. The van der Waals surface area contributed by atoms with Gasteiger partial charge in [0.2, 0.25) is 5.78 Å². The summed E-state index contributed by atoms with van der Waals surface area (Å²) in [4.78, 5) is 6.08. The molecule has 0 amide bonds. The molecule has 0 spiro atoms. The summed E-state index contributed by atoms with van der Waals surface area (Å²) in [5, 5.41) is 0.340. The van der Waals surface area contributed by atoms with Gasteiger partial charge in [-0.25, -0.2) is 4.98 Å². The fourth-order valence-electron chi connectivity index (χ4n) is 4.09. The zero-order valence-corrected chi connectivity index (χ0v) is 18.0. The van der Waals surface area contributed by atoms with Crippen LogP contribution in [0.25, 0.3) is 11.5 Å². The molecular formula is C20H22ClF3N4S. The Hall–Kier alpha value is -1.64. The largest absolute Gasteiger partial charge is 0.435 e. The molecule has 0 bridgehead atoms. The molecule has 1 aromatic carbocycles. The van der Waals surface area contributed by atoms with Crippen LogP contribution >= 0.6 is 23.4 Å². The average molecular weight is 443 g/mol. The van der Waals surface area contributed by atoms with E-state index in [1.807, 2.05) is 49.6 Å². The zero-order valence-electron chi connectivity index (χ0n) is 16.5. The molecule has 1 saturated heterocycles. The van der Waals surface area contributed by atoms with Crippen LogP contribution in [0, 0.1) is 20.8 Å². The van der Waals surface area contributed by atoms with Crippen LogP contribution in [0.2, 0.25) is 5.15 Å². The Kier molecular flexibility index (Phi) is 5.38. The normalized spacial score (nSPS) is 16.1. The summed E-state index contributed by atoms with van der Waals surface area (Å²) in [6.45, 7) is 7.58. The highest BCUT2D eigenvalue weighted by atomic mass is 35.5. The Morgan fingerprint density at radius 3 is 2.31 bits per heavy atom. The number of fused-ring (bicyclic) bond motifs is 1. The van der Waals surface area contributed by atoms with Crippen molar-refractivity contribution in [2.24, 2.45) is 0 Å². The van der Waals surface area contributed by atoms with Crippen molar-refractivity contribution in [2.45, 2.75) is 33.5 Å². The second-order valence-electron chi connectivity index (χ2n) is 7.50. The molecule has 1 fully saturated rings. The van der Waals surface area contributed by atoms with Gasteiger partial charge in [0.15, 0.2) is 5.69 Å². The first kappa shape index (κ1) is 20.6. The van der Waals surface area contributed by atoms with E-state index >= 15 is 0 Å². The Bertz CT molecular complexity index is 1040. The maximum atomic E-state index is 13.8. The van der Waals surface area contributed by atoms with Crippen LogP contribution in [0.1, 0.15) is 28.1 Å². The van der Waals surface area contributed by atoms with Crippen molar-refractivity contribution in [2.75, 3.05) is 24.6 Å². The number of halogens is 4. The molecule has 9 heteroatoms. The molecule has 0 N–H and O–H groups in total. The van der Waals surface area contributed by atoms with E-state index in [1.54, 1.807) is 10.8 Å². The molecule has 4 nitrogen and oxygen atoms in total. The van der Waals surface area contributed by atoms with Gasteiger partial charge in [-0.2, -0.15) is 24.9 Å². The number of hydrogen-bond donors (Lipinski definition) is 0. The minimum atomic E-state index is -4.53. The second-order valence-corrected chi connectivity index (χ2v) is 9.11. The lowest BCUT2D eigenvalue weighted by Gasteiger charge is -2.26. The molecule has 2 aromatic heterocycles. The minimum absolute atomic E-state index is 0.141. The summed E-state index contributed by atoms with van der Waals surface area (Å²) in [7, 11) is 0. The van der Waals surface area contributed by atoms with E-state index in [0.717, 1.165) is 47.0 Å². The number of aryl methyl sites for hydroxylation is 3. The van der Waals surface area contributed by atoms with Crippen LogP contribution < -0.4 is 0 Å². The SMILES string of the molecule is Cc1cc(C)c(-n2c(Cl)cn3c(CN4CCSCC4)c(C(F)(F)F)nc23)c(C)c1. The van der Waals surface area contributed by atoms with E-state index in [4.69, 9.17) is 11.6 Å². The van der Waals surface area contributed by atoms with Crippen LogP contribution in [0.4, 0.5) is 13.2 Å². The number of imidazole rings is 2. The molecule has 0 radical (unpaired) electrons. The molecule has 3 heterocycles. The van der Waals surface area contributed by atoms with Gasteiger partial charge in [0.1, 0.15) is 5.15 Å². The minimum Gasteiger partial charge on any atom is -0.296 e. The monoisotopic (exact) mass is 442 g/mol. The standard InChI is InChI=1S/C20H22ClF3N4S/c1-12-8-13(2)17(14(3)9-12)28-16(21)11-27-15(10-26-4-6-29-7-5-26)18(20(22,23)24)25-19(27)28/h8-9,11H,4-7,10H2,1-3H3. The molecule has 1 aliphatic heterocycles. The summed E-state index contributed by atoms with van der Waals surface area (Å²) >= 11 is 8.33. The van der Waals surface area contributed by atoms with Crippen molar-refractivity contribution >= 4 is 29.1 Å².